The SMILES string of the molecule is CC.CC.CC.CNC1CC2(C=CCP2)C2=C1C=CCC2. The largest absolute Gasteiger partial charge is 0.313 e. The van der Waals surface area contributed by atoms with Gasteiger partial charge in [0.15, 0.2) is 0 Å². The van der Waals surface area contributed by atoms with Crippen LogP contribution in [0.2, 0.25) is 0 Å². The second kappa shape index (κ2) is 11.2. The van der Waals surface area contributed by atoms with E-state index in [4.69, 9.17) is 0 Å². The summed E-state index contributed by atoms with van der Waals surface area (Å²) < 4.78 is 0. The molecule has 0 radical (unpaired) electrons. The van der Waals surface area contributed by atoms with Crippen molar-refractivity contribution in [1.82, 2.24) is 5.32 Å². The Kier molecular flexibility index (Phi) is 11.0. The highest BCUT2D eigenvalue weighted by Gasteiger charge is 2.43. The van der Waals surface area contributed by atoms with Gasteiger partial charge in [0.05, 0.1) is 0 Å². The van der Waals surface area contributed by atoms with Crippen LogP contribution in [0.5, 0.6) is 0 Å². The van der Waals surface area contributed by atoms with Crippen LogP contribution in [-0.2, 0) is 0 Å². The third kappa shape index (κ3) is 4.54. The zero-order chi connectivity index (χ0) is 16.3. The van der Waals surface area contributed by atoms with Gasteiger partial charge in [0, 0.05) is 11.2 Å². The summed E-state index contributed by atoms with van der Waals surface area (Å²) in [4.78, 5) is 0. The predicted octanol–water partition coefficient (Wildman–Crippen LogP) is 5.69. The minimum Gasteiger partial charge on any atom is -0.313 e. The Labute approximate surface area is 135 Å². The Morgan fingerprint density at radius 1 is 1.10 bits per heavy atom. The lowest BCUT2D eigenvalue weighted by Crippen LogP contribution is -2.27. The molecule has 0 saturated carbocycles. The van der Waals surface area contributed by atoms with Crippen LogP contribution < -0.4 is 5.32 Å². The first-order chi connectivity index (χ1) is 10.4. The maximum atomic E-state index is 3.48. The molecule has 21 heavy (non-hydrogen) atoms. The summed E-state index contributed by atoms with van der Waals surface area (Å²) in [5.41, 5.74) is 3.35. The van der Waals surface area contributed by atoms with Crippen LogP contribution in [-0.4, -0.2) is 24.4 Å². The van der Waals surface area contributed by atoms with Gasteiger partial charge < -0.3 is 5.32 Å². The Morgan fingerprint density at radius 3 is 2.29 bits per heavy atom. The molecule has 0 amide bonds. The zero-order valence-electron chi connectivity index (χ0n) is 15.2. The quantitative estimate of drug-likeness (QED) is 0.484. The molecule has 0 saturated heterocycles. The third-order valence-electron chi connectivity index (χ3n) is 3.93. The van der Waals surface area contributed by atoms with Crippen molar-refractivity contribution in [2.75, 3.05) is 13.2 Å². The van der Waals surface area contributed by atoms with E-state index in [1.807, 2.05) is 41.5 Å². The average molecular weight is 309 g/mol. The van der Waals surface area contributed by atoms with Crippen LogP contribution in [0.25, 0.3) is 0 Å². The topological polar surface area (TPSA) is 12.0 Å². The van der Waals surface area contributed by atoms with E-state index in [0.717, 1.165) is 8.58 Å². The first-order valence-electron chi connectivity index (χ1n) is 8.86. The Balaban J connectivity index is 0.000000598. The van der Waals surface area contributed by atoms with Crippen molar-refractivity contribution in [2.45, 2.75) is 72.0 Å². The molecule has 0 aromatic rings. The normalized spacial score (nSPS) is 29.2. The lowest BCUT2D eigenvalue weighted by Gasteiger charge is -2.26. The molecule has 2 aliphatic carbocycles. The number of nitrogens with one attached hydrogen (secondary N) is 1. The highest BCUT2D eigenvalue weighted by Crippen LogP contribution is 2.55. The lowest BCUT2D eigenvalue weighted by atomic mass is 9.92. The van der Waals surface area contributed by atoms with Gasteiger partial charge in [-0.25, -0.2) is 0 Å². The maximum absolute atomic E-state index is 3.48. The summed E-state index contributed by atoms with van der Waals surface area (Å²) in [6.07, 6.45) is 14.7. The van der Waals surface area contributed by atoms with Gasteiger partial charge >= 0.3 is 0 Å². The van der Waals surface area contributed by atoms with E-state index in [0.29, 0.717) is 11.2 Å². The summed E-state index contributed by atoms with van der Waals surface area (Å²) >= 11 is 0. The molecule has 3 rings (SSSR count). The van der Waals surface area contributed by atoms with E-state index in [-0.39, 0.29) is 0 Å². The fourth-order valence-corrected chi connectivity index (χ4v) is 4.88. The van der Waals surface area contributed by atoms with Crippen molar-refractivity contribution in [3.05, 3.63) is 35.5 Å². The number of fused-ring (bicyclic) bond motifs is 1. The van der Waals surface area contributed by atoms with Gasteiger partial charge in [-0.1, -0.05) is 71.4 Å². The second-order valence-corrected chi connectivity index (χ2v) is 6.33. The van der Waals surface area contributed by atoms with Crippen molar-refractivity contribution in [3.63, 3.8) is 0 Å². The third-order valence-corrected chi connectivity index (χ3v) is 5.68. The Bertz CT molecular complexity index is 368. The highest BCUT2D eigenvalue weighted by atomic mass is 31.1. The van der Waals surface area contributed by atoms with Crippen molar-refractivity contribution in [1.29, 1.82) is 0 Å². The standard InChI is InChI=1S/C13H18NP.3C2H6/c1-14-12-9-13(7-4-8-15-13)11-6-3-2-5-10(11)12;3*1-2/h2,4-5,7,12,14-15H,3,6,8-9H2,1H3;3*1-2H3. The van der Waals surface area contributed by atoms with Crippen molar-refractivity contribution in [2.24, 2.45) is 0 Å². The summed E-state index contributed by atoms with van der Waals surface area (Å²) in [5.74, 6) is 0. The van der Waals surface area contributed by atoms with Crippen LogP contribution in [0.1, 0.15) is 60.8 Å². The van der Waals surface area contributed by atoms with E-state index in [9.17, 15) is 0 Å². The second-order valence-electron chi connectivity index (χ2n) is 4.67. The number of likely N-dealkylation sites (N-methyl/N-ethyl adjacent to an activating group) is 1. The van der Waals surface area contributed by atoms with Gasteiger partial charge in [-0.2, -0.15) is 0 Å². The first-order valence-corrected chi connectivity index (χ1v) is 10.1. The Morgan fingerprint density at radius 2 is 1.76 bits per heavy atom. The molecular formula is C19H36NP. The number of hydrogen-bond acceptors (Lipinski definition) is 1. The molecule has 122 valence electrons. The molecule has 1 spiro atoms. The fraction of sp³-hybridized carbons (Fsp3) is 0.684. The maximum Gasteiger partial charge on any atom is 0.0332 e. The van der Waals surface area contributed by atoms with Crippen LogP contribution in [0.4, 0.5) is 0 Å². The molecule has 3 aliphatic rings. The van der Waals surface area contributed by atoms with Crippen molar-refractivity contribution < 1.29 is 0 Å². The minimum absolute atomic E-state index is 0.466. The molecule has 3 unspecified atom stereocenters. The molecule has 2 heteroatoms. The van der Waals surface area contributed by atoms with Gasteiger partial charge in [-0.3, -0.25) is 0 Å². The zero-order valence-corrected chi connectivity index (χ0v) is 16.2. The summed E-state index contributed by atoms with van der Waals surface area (Å²) in [6, 6.07) is 0.604. The Hall–Kier alpha value is -0.390. The molecule has 1 heterocycles. The van der Waals surface area contributed by atoms with Gasteiger partial charge in [0.25, 0.3) is 0 Å². The average Bonchev–Trinajstić information content (AvgIpc) is 3.20. The number of hydrogen-bond donors (Lipinski definition) is 1. The smallest absolute Gasteiger partial charge is 0.0332 e. The van der Waals surface area contributed by atoms with E-state index in [2.05, 4.69) is 36.7 Å². The van der Waals surface area contributed by atoms with Crippen LogP contribution in [0.15, 0.2) is 35.5 Å². The number of rotatable bonds is 1. The van der Waals surface area contributed by atoms with Gasteiger partial charge in [0.1, 0.15) is 0 Å². The molecule has 1 nitrogen and oxygen atoms in total. The van der Waals surface area contributed by atoms with Crippen LogP contribution in [0, 0.1) is 0 Å². The summed E-state index contributed by atoms with van der Waals surface area (Å²) in [5, 5.41) is 3.94. The molecule has 0 aromatic carbocycles. The van der Waals surface area contributed by atoms with Crippen LogP contribution in [0.3, 0.4) is 0 Å². The molecule has 3 atom stereocenters. The van der Waals surface area contributed by atoms with Crippen LogP contribution >= 0.6 is 8.58 Å². The van der Waals surface area contributed by atoms with Gasteiger partial charge in [0.2, 0.25) is 0 Å². The molecular weight excluding hydrogens is 273 g/mol. The molecule has 1 N–H and O–H groups in total. The predicted molar refractivity (Wildman–Crippen MR) is 102 cm³/mol. The van der Waals surface area contributed by atoms with Crippen molar-refractivity contribution in [3.8, 4) is 0 Å². The summed E-state index contributed by atoms with van der Waals surface area (Å²) in [6.45, 7) is 12.0. The minimum atomic E-state index is 0.466. The summed E-state index contributed by atoms with van der Waals surface area (Å²) in [7, 11) is 3.18. The van der Waals surface area contributed by atoms with E-state index < -0.39 is 0 Å². The van der Waals surface area contributed by atoms with E-state index in [1.165, 1.54) is 25.4 Å². The highest BCUT2D eigenvalue weighted by molar-refractivity contribution is 7.41. The molecule has 1 aliphatic heterocycles. The molecule has 0 fully saturated rings. The first kappa shape index (κ1) is 20.6. The monoisotopic (exact) mass is 309 g/mol. The fourth-order valence-electron chi connectivity index (χ4n) is 3.21. The van der Waals surface area contributed by atoms with Gasteiger partial charge in [-0.05, 0) is 38.0 Å². The van der Waals surface area contributed by atoms with E-state index >= 15 is 0 Å². The molecule has 0 aromatic heterocycles. The lowest BCUT2D eigenvalue weighted by molar-refractivity contribution is 0.606. The van der Waals surface area contributed by atoms with E-state index in [1.54, 1.807) is 11.1 Å². The van der Waals surface area contributed by atoms with Crippen molar-refractivity contribution >= 4 is 8.58 Å². The molecule has 0 bridgehead atoms. The van der Waals surface area contributed by atoms with Gasteiger partial charge in [-0.15, -0.1) is 8.58 Å². The number of allylic oxidation sites excluding steroid dienone is 4.